The molecule has 0 N–H and O–H groups in total. The highest BCUT2D eigenvalue weighted by molar-refractivity contribution is 7.26. The summed E-state index contributed by atoms with van der Waals surface area (Å²) in [5.41, 5.74) is 7.45. The molecule has 0 saturated carbocycles. The van der Waals surface area contributed by atoms with Gasteiger partial charge >= 0.3 is 0 Å². The molecule has 0 unspecified atom stereocenters. The first kappa shape index (κ1) is 21.2. The lowest BCUT2D eigenvalue weighted by Gasteiger charge is -2.17. The van der Waals surface area contributed by atoms with E-state index in [1.807, 2.05) is 23.5 Å². The lowest BCUT2D eigenvalue weighted by molar-refractivity contribution is 1.66. The van der Waals surface area contributed by atoms with E-state index in [0.29, 0.717) is 6.04 Å². The zero-order valence-electron chi connectivity index (χ0n) is 22.2. The Balaban J connectivity index is 1.41. The summed E-state index contributed by atoms with van der Waals surface area (Å²) in [5, 5.41) is 7.68. The number of thiophene rings is 1. The highest BCUT2D eigenvalue weighted by Gasteiger charge is 2.17. The fourth-order valence-corrected chi connectivity index (χ4v) is 7.38. The van der Waals surface area contributed by atoms with Gasteiger partial charge < -0.3 is 0 Å². The minimum absolute atomic E-state index is 0.537. The lowest BCUT2D eigenvalue weighted by atomic mass is 9.86. The van der Waals surface area contributed by atoms with Crippen LogP contribution in [0.25, 0.3) is 75.1 Å². The number of rotatable bonds is 3. The van der Waals surface area contributed by atoms with Crippen molar-refractivity contribution in [2.24, 2.45) is 0 Å². The molecule has 0 aliphatic carbocycles. The van der Waals surface area contributed by atoms with Gasteiger partial charge in [-0.15, -0.1) is 11.3 Å². The smallest absolute Gasteiger partial charge is 0.0623 e. The minimum atomic E-state index is 0.537. The topological polar surface area (TPSA) is 0 Å². The molecule has 0 nitrogen and oxygen atoms in total. The van der Waals surface area contributed by atoms with Crippen molar-refractivity contribution in [2.75, 3.05) is 0 Å². The lowest BCUT2D eigenvalue weighted by Crippen LogP contribution is -1.90. The van der Waals surface area contributed by atoms with Crippen molar-refractivity contribution in [1.82, 2.24) is 0 Å². The van der Waals surface area contributed by atoms with Crippen LogP contribution >= 0.6 is 11.3 Å². The maximum atomic E-state index is 7.89. The number of fused-ring (bicyclic) bond motifs is 5. The van der Waals surface area contributed by atoms with E-state index in [9.17, 15) is 0 Å². The maximum Gasteiger partial charge on any atom is 0.0623 e. The first-order chi connectivity index (χ1) is 19.8. The van der Waals surface area contributed by atoms with E-state index < -0.39 is 0 Å². The summed E-state index contributed by atoms with van der Waals surface area (Å²) in [4.78, 5) is 0. The van der Waals surface area contributed by atoms with Gasteiger partial charge in [0.15, 0.2) is 0 Å². The monoisotopic (exact) mass is 513 g/mol. The molecule has 0 saturated heterocycles. The van der Waals surface area contributed by atoms with Crippen molar-refractivity contribution in [1.29, 1.82) is 0 Å². The number of hydrogen-bond donors (Lipinski definition) is 0. The second kappa shape index (κ2) is 8.94. The van der Waals surface area contributed by atoms with Gasteiger partial charge in [-0.25, -0.2) is 0 Å². The van der Waals surface area contributed by atoms with Crippen LogP contribution in [0.3, 0.4) is 0 Å². The van der Waals surface area contributed by atoms with E-state index in [2.05, 4.69) is 127 Å². The Kier molecular flexibility index (Phi) is 4.87. The summed E-state index contributed by atoms with van der Waals surface area (Å²) in [6, 6.07) is 50.4. The molecule has 8 aromatic rings. The molecule has 0 radical (unpaired) electrons. The Bertz CT molecular complexity index is 2150. The standard InChI is InChI=1S/C38H24S/c1-3-12-25(13-4-1)28-20-11-21-34-29-23-22-27(24-35(29)39-38(28)34)37-32-18-9-7-16-30(32)36(26-14-5-2-6-15-26)31-17-8-10-19-33(31)37/h1-24H/i1D. The molecular formula is C38H24S. The average molecular weight is 514 g/mol. The average Bonchev–Trinajstić information content (AvgIpc) is 3.39. The van der Waals surface area contributed by atoms with Gasteiger partial charge in [-0.05, 0) is 61.0 Å². The normalized spacial score (nSPS) is 11.9. The van der Waals surface area contributed by atoms with Gasteiger partial charge in [0.05, 0.1) is 1.37 Å². The second-order valence-electron chi connectivity index (χ2n) is 9.99. The summed E-state index contributed by atoms with van der Waals surface area (Å²) in [6.45, 7) is 0. The van der Waals surface area contributed by atoms with Crippen molar-refractivity contribution < 1.29 is 1.37 Å². The summed E-state index contributed by atoms with van der Waals surface area (Å²) in [5.74, 6) is 0. The van der Waals surface area contributed by atoms with Crippen LogP contribution in [0, 0.1) is 0 Å². The molecule has 0 spiro atoms. The van der Waals surface area contributed by atoms with Crippen molar-refractivity contribution in [2.45, 2.75) is 0 Å². The van der Waals surface area contributed by atoms with Crippen molar-refractivity contribution in [3.05, 3.63) is 146 Å². The van der Waals surface area contributed by atoms with Crippen molar-refractivity contribution >= 4 is 53.1 Å². The fourth-order valence-electron chi connectivity index (χ4n) is 6.10. The molecule has 1 heteroatoms. The summed E-state index contributed by atoms with van der Waals surface area (Å²) in [7, 11) is 0. The summed E-state index contributed by atoms with van der Waals surface area (Å²) in [6.07, 6.45) is 0. The Morgan fingerprint density at radius 1 is 0.410 bits per heavy atom. The highest BCUT2D eigenvalue weighted by Crippen LogP contribution is 2.46. The molecule has 39 heavy (non-hydrogen) atoms. The Labute approximate surface area is 232 Å². The molecule has 7 aromatic carbocycles. The Morgan fingerprint density at radius 3 is 1.64 bits per heavy atom. The largest absolute Gasteiger partial charge is 0.135 e. The molecule has 0 bridgehead atoms. The summed E-state index contributed by atoms with van der Waals surface area (Å²) >= 11 is 1.86. The fraction of sp³-hybridized carbons (Fsp3) is 0. The van der Waals surface area contributed by atoms with Gasteiger partial charge in [0, 0.05) is 20.2 Å². The van der Waals surface area contributed by atoms with Crippen LogP contribution < -0.4 is 0 Å². The van der Waals surface area contributed by atoms with Crippen LogP contribution in [-0.4, -0.2) is 0 Å². The Hall–Kier alpha value is -4.72. The first-order valence-electron chi connectivity index (χ1n) is 13.8. The molecule has 1 aromatic heterocycles. The minimum Gasteiger partial charge on any atom is -0.135 e. The highest BCUT2D eigenvalue weighted by atomic mass is 32.1. The second-order valence-corrected chi connectivity index (χ2v) is 11.0. The summed E-state index contributed by atoms with van der Waals surface area (Å²) < 4.78 is 10.5. The van der Waals surface area contributed by atoms with Crippen molar-refractivity contribution in [3.63, 3.8) is 0 Å². The molecule has 182 valence electrons. The van der Waals surface area contributed by atoms with Gasteiger partial charge in [-0.1, -0.05) is 140 Å². The van der Waals surface area contributed by atoms with Gasteiger partial charge in [0.1, 0.15) is 0 Å². The SMILES string of the molecule is [2H]c1ccc(-c2cccc3c2sc2cc(-c4c5ccccc5c(-c5ccccc5)c5ccccc45)ccc23)cc1. The zero-order chi connectivity index (χ0) is 26.6. The molecular weight excluding hydrogens is 488 g/mol. The van der Waals surface area contributed by atoms with Crippen molar-refractivity contribution in [3.8, 4) is 33.4 Å². The van der Waals surface area contributed by atoms with E-state index in [0.717, 1.165) is 5.56 Å². The van der Waals surface area contributed by atoms with Gasteiger partial charge in [-0.2, -0.15) is 0 Å². The van der Waals surface area contributed by atoms with Crippen LogP contribution in [-0.2, 0) is 0 Å². The quantitative estimate of drug-likeness (QED) is 0.206. The molecule has 0 atom stereocenters. The van der Waals surface area contributed by atoms with Gasteiger partial charge in [0.25, 0.3) is 0 Å². The molecule has 0 fully saturated rings. The number of benzene rings is 7. The molecule has 1 heterocycles. The van der Waals surface area contributed by atoms with Crippen LogP contribution in [0.1, 0.15) is 1.37 Å². The van der Waals surface area contributed by atoms with E-state index in [-0.39, 0.29) is 0 Å². The van der Waals surface area contributed by atoms with Crippen LogP contribution in [0.2, 0.25) is 0 Å². The molecule has 0 aliphatic rings. The van der Waals surface area contributed by atoms with Crippen LogP contribution in [0.4, 0.5) is 0 Å². The predicted molar refractivity (Wildman–Crippen MR) is 171 cm³/mol. The third kappa shape index (κ3) is 3.51. The van der Waals surface area contributed by atoms with E-state index in [1.165, 1.54) is 69.5 Å². The predicted octanol–water partition coefficient (Wildman–Crippen LogP) is 11.4. The number of hydrogen-bond acceptors (Lipinski definition) is 1. The van der Waals surface area contributed by atoms with E-state index in [4.69, 9.17) is 1.37 Å². The van der Waals surface area contributed by atoms with E-state index in [1.54, 1.807) is 0 Å². The third-order valence-electron chi connectivity index (χ3n) is 7.81. The van der Waals surface area contributed by atoms with Gasteiger partial charge in [-0.3, -0.25) is 0 Å². The molecule has 0 amide bonds. The molecule has 0 aliphatic heterocycles. The van der Waals surface area contributed by atoms with Crippen LogP contribution in [0.15, 0.2) is 146 Å². The maximum absolute atomic E-state index is 7.89. The first-order valence-corrected chi connectivity index (χ1v) is 14.1. The Morgan fingerprint density at radius 2 is 0.974 bits per heavy atom. The zero-order valence-corrected chi connectivity index (χ0v) is 22.0. The van der Waals surface area contributed by atoms with Crippen LogP contribution in [0.5, 0.6) is 0 Å². The molecule has 8 rings (SSSR count). The third-order valence-corrected chi connectivity index (χ3v) is 9.01. The van der Waals surface area contributed by atoms with Gasteiger partial charge in [0.2, 0.25) is 0 Å². The van der Waals surface area contributed by atoms with E-state index >= 15 is 0 Å².